The molecule has 1 aliphatic carbocycles. The first-order chi connectivity index (χ1) is 6.83. The van der Waals surface area contributed by atoms with Crippen LogP contribution in [0.3, 0.4) is 0 Å². The van der Waals surface area contributed by atoms with Gasteiger partial charge in [0.05, 0.1) is 0 Å². The number of carbonyl (C=O) groups excluding carboxylic acids is 1. The summed E-state index contributed by atoms with van der Waals surface area (Å²) in [5, 5.41) is 4.18. The molecule has 1 heterocycles. The van der Waals surface area contributed by atoms with Crippen LogP contribution in [0.1, 0.15) is 45.4 Å². The Bertz CT molecular complexity index is 260. The molecule has 14 heavy (non-hydrogen) atoms. The standard InChI is InChI=1S/C11H18N2O/c1-2-3-4-5-10-8-6-7-9(8)11(14)13-12-10/h8-9H,2-7H2,1H3,(H,13,14). The van der Waals surface area contributed by atoms with Crippen molar-refractivity contribution < 1.29 is 4.79 Å². The molecule has 0 aromatic carbocycles. The Hall–Kier alpha value is -0.860. The molecule has 3 nitrogen and oxygen atoms in total. The van der Waals surface area contributed by atoms with Gasteiger partial charge >= 0.3 is 0 Å². The molecule has 0 radical (unpaired) electrons. The van der Waals surface area contributed by atoms with E-state index >= 15 is 0 Å². The minimum absolute atomic E-state index is 0.139. The number of amides is 1. The van der Waals surface area contributed by atoms with E-state index in [1.807, 2.05) is 0 Å². The van der Waals surface area contributed by atoms with Crippen LogP contribution >= 0.6 is 0 Å². The van der Waals surface area contributed by atoms with Crippen LogP contribution in [0.2, 0.25) is 0 Å². The van der Waals surface area contributed by atoms with E-state index in [4.69, 9.17) is 0 Å². The molecule has 2 atom stereocenters. The van der Waals surface area contributed by atoms with E-state index in [1.54, 1.807) is 0 Å². The fraction of sp³-hybridized carbons (Fsp3) is 0.818. The van der Waals surface area contributed by atoms with Crippen molar-refractivity contribution in [2.75, 3.05) is 0 Å². The molecule has 0 aromatic rings. The molecule has 1 fully saturated rings. The van der Waals surface area contributed by atoms with Gasteiger partial charge in [-0.1, -0.05) is 19.8 Å². The highest BCUT2D eigenvalue weighted by Gasteiger charge is 2.41. The van der Waals surface area contributed by atoms with Gasteiger partial charge in [-0.2, -0.15) is 5.10 Å². The lowest BCUT2D eigenvalue weighted by Crippen LogP contribution is -2.47. The van der Waals surface area contributed by atoms with Crippen molar-refractivity contribution >= 4 is 11.6 Å². The second-order valence-corrected chi connectivity index (χ2v) is 4.33. The molecule has 3 heteroatoms. The molecule has 0 spiro atoms. The molecule has 0 bridgehead atoms. The molecular weight excluding hydrogens is 176 g/mol. The molecule has 0 aromatic heterocycles. The van der Waals surface area contributed by atoms with Crippen LogP contribution in [-0.4, -0.2) is 11.6 Å². The number of nitrogens with zero attached hydrogens (tertiary/aromatic N) is 1. The Morgan fingerprint density at radius 3 is 2.79 bits per heavy atom. The average molecular weight is 194 g/mol. The topological polar surface area (TPSA) is 41.5 Å². The van der Waals surface area contributed by atoms with E-state index in [0.717, 1.165) is 12.8 Å². The van der Waals surface area contributed by atoms with Gasteiger partial charge in [0, 0.05) is 17.5 Å². The lowest BCUT2D eigenvalue weighted by Gasteiger charge is -2.38. The van der Waals surface area contributed by atoms with Gasteiger partial charge in [0.1, 0.15) is 0 Å². The number of rotatable bonds is 4. The summed E-state index contributed by atoms with van der Waals surface area (Å²) < 4.78 is 0. The minimum Gasteiger partial charge on any atom is -0.273 e. The van der Waals surface area contributed by atoms with E-state index in [1.165, 1.54) is 31.4 Å². The summed E-state index contributed by atoms with van der Waals surface area (Å²) >= 11 is 0. The summed E-state index contributed by atoms with van der Waals surface area (Å²) in [7, 11) is 0. The first-order valence-electron chi connectivity index (χ1n) is 5.69. The number of hydrazone groups is 1. The summed E-state index contributed by atoms with van der Waals surface area (Å²) in [5.74, 6) is 0.880. The SMILES string of the molecule is CCCCCC1=NNC(=O)C2CCC12. The fourth-order valence-electron chi connectivity index (χ4n) is 2.30. The predicted octanol–water partition coefficient (Wildman–Crippen LogP) is 2.08. The summed E-state index contributed by atoms with van der Waals surface area (Å²) in [5.41, 5.74) is 3.88. The Balaban J connectivity index is 1.89. The van der Waals surface area contributed by atoms with Crippen LogP contribution in [0, 0.1) is 11.8 Å². The predicted molar refractivity (Wildman–Crippen MR) is 55.9 cm³/mol. The van der Waals surface area contributed by atoms with Crippen LogP contribution in [0.5, 0.6) is 0 Å². The van der Waals surface area contributed by atoms with Gasteiger partial charge in [-0.25, -0.2) is 5.43 Å². The zero-order valence-electron chi connectivity index (χ0n) is 8.75. The first kappa shape index (κ1) is 9.69. The van der Waals surface area contributed by atoms with E-state index in [9.17, 15) is 4.79 Å². The van der Waals surface area contributed by atoms with Crippen molar-refractivity contribution in [1.82, 2.24) is 5.43 Å². The van der Waals surface area contributed by atoms with Crippen LogP contribution in [0.25, 0.3) is 0 Å². The lowest BCUT2D eigenvalue weighted by molar-refractivity contribution is -0.129. The molecule has 1 amide bonds. The van der Waals surface area contributed by atoms with Gasteiger partial charge in [0.25, 0.3) is 0 Å². The maximum absolute atomic E-state index is 11.3. The van der Waals surface area contributed by atoms with Gasteiger partial charge in [-0.15, -0.1) is 0 Å². The molecule has 1 aliphatic heterocycles. The Morgan fingerprint density at radius 2 is 2.14 bits per heavy atom. The number of fused-ring (bicyclic) bond motifs is 1. The molecule has 2 rings (SSSR count). The third-order valence-electron chi connectivity index (χ3n) is 3.39. The molecule has 0 saturated heterocycles. The van der Waals surface area contributed by atoms with E-state index in [2.05, 4.69) is 17.5 Å². The summed E-state index contributed by atoms with van der Waals surface area (Å²) in [6.07, 6.45) is 7.04. The highest BCUT2D eigenvalue weighted by molar-refractivity contribution is 5.97. The zero-order valence-corrected chi connectivity index (χ0v) is 8.75. The Kier molecular flexibility index (Phi) is 2.85. The summed E-state index contributed by atoms with van der Waals surface area (Å²) in [6, 6.07) is 0. The summed E-state index contributed by atoms with van der Waals surface area (Å²) in [6.45, 7) is 2.20. The van der Waals surface area contributed by atoms with Crippen LogP contribution in [-0.2, 0) is 4.79 Å². The molecular formula is C11H18N2O. The van der Waals surface area contributed by atoms with E-state index in [-0.39, 0.29) is 11.8 Å². The van der Waals surface area contributed by atoms with Gasteiger partial charge in [0.15, 0.2) is 0 Å². The quantitative estimate of drug-likeness (QED) is 0.684. The van der Waals surface area contributed by atoms with Crippen LogP contribution < -0.4 is 5.43 Å². The highest BCUT2D eigenvalue weighted by Crippen LogP contribution is 2.38. The van der Waals surface area contributed by atoms with Crippen molar-refractivity contribution in [3.05, 3.63) is 0 Å². The van der Waals surface area contributed by atoms with Crippen molar-refractivity contribution in [3.63, 3.8) is 0 Å². The fourth-order valence-corrected chi connectivity index (χ4v) is 2.30. The zero-order chi connectivity index (χ0) is 9.97. The molecule has 2 aliphatic rings. The number of unbranched alkanes of at least 4 members (excludes halogenated alkanes) is 2. The first-order valence-corrected chi connectivity index (χ1v) is 5.69. The van der Waals surface area contributed by atoms with Crippen molar-refractivity contribution in [2.24, 2.45) is 16.9 Å². The second-order valence-electron chi connectivity index (χ2n) is 4.33. The highest BCUT2D eigenvalue weighted by atomic mass is 16.2. The molecule has 2 unspecified atom stereocenters. The van der Waals surface area contributed by atoms with Crippen molar-refractivity contribution in [2.45, 2.75) is 45.4 Å². The molecule has 78 valence electrons. The number of hydrogen-bond donors (Lipinski definition) is 1. The normalized spacial score (nSPS) is 30.1. The third-order valence-corrected chi connectivity index (χ3v) is 3.39. The Morgan fingerprint density at radius 1 is 1.36 bits per heavy atom. The van der Waals surface area contributed by atoms with Crippen LogP contribution in [0.15, 0.2) is 5.10 Å². The van der Waals surface area contributed by atoms with Gasteiger partial charge in [0.2, 0.25) is 5.91 Å². The largest absolute Gasteiger partial charge is 0.273 e. The van der Waals surface area contributed by atoms with Gasteiger partial charge in [-0.3, -0.25) is 4.79 Å². The van der Waals surface area contributed by atoms with Crippen molar-refractivity contribution in [3.8, 4) is 0 Å². The second kappa shape index (κ2) is 4.11. The smallest absolute Gasteiger partial charge is 0.243 e. The van der Waals surface area contributed by atoms with Crippen LogP contribution in [0.4, 0.5) is 0 Å². The monoisotopic (exact) mass is 194 g/mol. The Labute approximate surface area is 85.0 Å². The third kappa shape index (κ3) is 1.68. The average Bonchev–Trinajstić information content (AvgIpc) is 2.10. The molecule has 1 N–H and O–H groups in total. The maximum atomic E-state index is 11.3. The number of hydrogen-bond acceptors (Lipinski definition) is 2. The maximum Gasteiger partial charge on any atom is 0.243 e. The minimum atomic E-state index is 0.139. The van der Waals surface area contributed by atoms with E-state index in [0.29, 0.717) is 5.92 Å². The van der Waals surface area contributed by atoms with Gasteiger partial charge in [-0.05, 0) is 25.7 Å². The molecule has 1 saturated carbocycles. The number of nitrogens with one attached hydrogen (secondary N) is 1. The number of carbonyl (C=O) groups is 1. The van der Waals surface area contributed by atoms with Crippen molar-refractivity contribution in [1.29, 1.82) is 0 Å². The van der Waals surface area contributed by atoms with E-state index < -0.39 is 0 Å². The van der Waals surface area contributed by atoms with Gasteiger partial charge < -0.3 is 0 Å². The lowest BCUT2D eigenvalue weighted by atomic mass is 9.69. The summed E-state index contributed by atoms with van der Waals surface area (Å²) in [4.78, 5) is 11.3.